The standard InChI is InChI=1S/C14H19N3O4/c1-16-5-7-17(8-6-16)14(19)21-12-9-10(15)3-4-11(12)13(18)20-2/h3-4,9H,5-8,15H2,1-2H3. The van der Waals surface area contributed by atoms with Crippen LogP contribution in [0.5, 0.6) is 5.75 Å². The molecule has 0 aromatic heterocycles. The SMILES string of the molecule is COC(=O)c1ccc(N)cc1OC(=O)N1CCN(C)CC1. The minimum absolute atomic E-state index is 0.116. The highest BCUT2D eigenvalue weighted by Gasteiger charge is 2.23. The molecule has 1 aliphatic heterocycles. The molecule has 7 nitrogen and oxygen atoms in total. The number of benzene rings is 1. The van der Waals surface area contributed by atoms with Crippen LogP contribution >= 0.6 is 0 Å². The summed E-state index contributed by atoms with van der Waals surface area (Å²) in [5.74, 6) is -0.457. The third-order valence-electron chi connectivity index (χ3n) is 3.37. The highest BCUT2D eigenvalue weighted by atomic mass is 16.6. The van der Waals surface area contributed by atoms with E-state index in [1.807, 2.05) is 7.05 Å². The maximum Gasteiger partial charge on any atom is 0.415 e. The fraction of sp³-hybridized carbons (Fsp3) is 0.429. The summed E-state index contributed by atoms with van der Waals surface area (Å²) in [5.41, 5.74) is 6.26. The van der Waals surface area contributed by atoms with Gasteiger partial charge in [0, 0.05) is 37.9 Å². The number of ether oxygens (including phenoxy) is 2. The van der Waals surface area contributed by atoms with Gasteiger partial charge < -0.3 is 25.0 Å². The Morgan fingerprint density at radius 2 is 1.86 bits per heavy atom. The number of methoxy groups -OCH3 is 1. The van der Waals surface area contributed by atoms with Crippen molar-refractivity contribution in [2.45, 2.75) is 0 Å². The molecule has 21 heavy (non-hydrogen) atoms. The smallest absolute Gasteiger partial charge is 0.415 e. The van der Waals surface area contributed by atoms with Gasteiger partial charge in [-0.3, -0.25) is 0 Å². The Balaban J connectivity index is 2.13. The summed E-state index contributed by atoms with van der Waals surface area (Å²) in [5, 5.41) is 0. The summed E-state index contributed by atoms with van der Waals surface area (Å²) in [6.07, 6.45) is -0.487. The molecule has 1 aliphatic rings. The number of nitrogens with two attached hydrogens (primary N) is 1. The van der Waals surface area contributed by atoms with E-state index in [9.17, 15) is 9.59 Å². The largest absolute Gasteiger partial charge is 0.465 e. The van der Waals surface area contributed by atoms with Gasteiger partial charge >= 0.3 is 12.1 Å². The monoisotopic (exact) mass is 293 g/mol. The molecule has 0 unspecified atom stereocenters. The molecule has 114 valence electrons. The van der Waals surface area contributed by atoms with Gasteiger partial charge in [-0.05, 0) is 19.2 Å². The summed E-state index contributed by atoms with van der Waals surface area (Å²) in [6.45, 7) is 2.75. The Kier molecular flexibility index (Phi) is 4.64. The molecule has 1 amide bonds. The van der Waals surface area contributed by atoms with Crippen LogP contribution in [-0.4, -0.2) is 62.2 Å². The zero-order valence-electron chi connectivity index (χ0n) is 12.2. The van der Waals surface area contributed by atoms with Gasteiger partial charge in [-0.25, -0.2) is 9.59 Å². The Morgan fingerprint density at radius 1 is 1.19 bits per heavy atom. The number of nitrogens with zero attached hydrogens (tertiary/aromatic N) is 2. The van der Waals surface area contributed by atoms with E-state index in [1.165, 1.54) is 19.2 Å². The van der Waals surface area contributed by atoms with Crippen LogP contribution in [0.3, 0.4) is 0 Å². The Bertz CT molecular complexity index is 539. The molecule has 0 spiro atoms. The predicted octanol–water partition coefficient (Wildman–Crippen LogP) is 0.802. The second kappa shape index (κ2) is 6.45. The number of rotatable bonds is 2. The summed E-state index contributed by atoms with van der Waals surface area (Å²) in [4.78, 5) is 27.5. The fourth-order valence-electron chi connectivity index (χ4n) is 2.05. The molecule has 0 saturated carbocycles. The Hall–Kier alpha value is -2.28. The minimum Gasteiger partial charge on any atom is -0.465 e. The summed E-state index contributed by atoms with van der Waals surface area (Å²) < 4.78 is 9.98. The maximum absolute atomic E-state index is 12.1. The van der Waals surface area contributed by atoms with Crippen LogP contribution in [0.4, 0.5) is 10.5 Å². The molecule has 1 fully saturated rings. The van der Waals surface area contributed by atoms with E-state index in [0.29, 0.717) is 18.8 Å². The molecule has 1 aromatic rings. The molecule has 2 N–H and O–H groups in total. The maximum atomic E-state index is 12.1. The predicted molar refractivity (Wildman–Crippen MR) is 77.3 cm³/mol. The van der Waals surface area contributed by atoms with E-state index < -0.39 is 12.1 Å². The molecule has 0 radical (unpaired) electrons. The molecular weight excluding hydrogens is 274 g/mol. The quantitative estimate of drug-likeness (QED) is 0.641. The van der Waals surface area contributed by atoms with Gasteiger partial charge in [-0.15, -0.1) is 0 Å². The van der Waals surface area contributed by atoms with E-state index in [2.05, 4.69) is 9.64 Å². The molecule has 0 bridgehead atoms. The van der Waals surface area contributed by atoms with Gasteiger partial charge in [-0.2, -0.15) is 0 Å². The van der Waals surface area contributed by atoms with Gasteiger partial charge in [0.05, 0.1) is 7.11 Å². The van der Waals surface area contributed by atoms with Gasteiger partial charge in [0.2, 0.25) is 0 Å². The van der Waals surface area contributed by atoms with Crippen molar-refractivity contribution in [3.05, 3.63) is 23.8 Å². The van der Waals surface area contributed by atoms with E-state index in [1.54, 1.807) is 11.0 Å². The van der Waals surface area contributed by atoms with Crippen molar-refractivity contribution in [1.29, 1.82) is 0 Å². The molecule has 1 aromatic carbocycles. The number of hydrogen-bond donors (Lipinski definition) is 1. The lowest BCUT2D eigenvalue weighted by molar-refractivity contribution is 0.0596. The molecule has 0 aliphatic carbocycles. The number of carbonyl (C=O) groups excluding carboxylic acids is 2. The molecular formula is C14H19N3O4. The highest BCUT2D eigenvalue weighted by Crippen LogP contribution is 2.23. The first-order valence-electron chi connectivity index (χ1n) is 6.64. The van der Waals surface area contributed by atoms with Crippen molar-refractivity contribution >= 4 is 17.7 Å². The zero-order valence-corrected chi connectivity index (χ0v) is 12.2. The molecule has 1 saturated heterocycles. The van der Waals surface area contributed by atoms with E-state index >= 15 is 0 Å². The average Bonchev–Trinajstić information content (AvgIpc) is 2.47. The molecule has 2 rings (SSSR count). The van der Waals surface area contributed by atoms with Crippen molar-refractivity contribution in [3.8, 4) is 5.75 Å². The van der Waals surface area contributed by atoms with Gasteiger partial charge in [0.15, 0.2) is 0 Å². The van der Waals surface area contributed by atoms with Crippen LogP contribution in [0.2, 0.25) is 0 Å². The third-order valence-corrected chi connectivity index (χ3v) is 3.37. The second-order valence-corrected chi connectivity index (χ2v) is 4.91. The minimum atomic E-state index is -0.573. The van der Waals surface area contributed by atoms with Crippen molar-refractivity contribution in [2.24, 2.45) is 0 Å². The van der Waals surface area contributed by atoms with Crippen molar-refractivity contribution in [3.63, 3.8) is 0 Å². The summed E-state index contributed by atoms with van der Waals surface area (Å²) in [6, 6.07) is 4.48. The van der Waals surface area contributed by atoms with Gasteiger partial charge in [0.25, 0.3) is 0 Å². The van der Waals surface area contributed by atoms with Gasteiger partial charge in [0.1, 0.15) is 11.3 Å². The van der Waals surface area contributed by atoms with E-state index in [-0.39, 0.29) is 11.3 Å². The zero-order chi connectivity index (χ0) is 15.4. The number of amides is 1. The summed E-state index contributed by atoms with van der Waals surface area (Å²) in [7, 11) is 3.26. The van der Waals surface area contributed by atoms with Crippen LogP contribution in [0.1, 0.15) is 10.4 Å². The Labute approximate surface area is 123 Å². The van der Waals surface area contributed by atoms with Crippen LogP contribution < -0.4 is 10.5 Å². The number of carbonyl (C=O) groups is 2. The summed E-state index contributed by atoms with van der Waals surface area (Å²) >= 11 is 0. The normalized spacial score (nSPS) is 15.6. The number of nitrogen functional groups attached to an aromatic ring is 1. The average molecular weight is 293 g/mol. The topological polar surface area (TPSA) is 85.1 Å². The first kappa shape index (κ1) is 15.1. The lowest BCUT2D eigenvalue weighted by Gasteiger charge is -2.31. The van der Waals surface area contributed by atoms with Crippen LogP contribution in [0, 0.1) is 0 Å². The lowest BCUT2D eigenvalue weighted by Crippen LogP contribution is -2.48. The number of piperazine rings is 1. The number of anilines is 1. The fourth-order valence-corrected chi connectivity index (χ4v) is 2.05. The van der Waals surface area contributed by atoms with Crippen molar-refractivity contribution in [2.75, 3.05) is 46.1 Å². The van der Waals surface area contributed by atoms with Crippen molar-refractivity contribution in [1.82, 2.24) is 9.80 Å². The van der Waals surface area contributed by atoms with Crippen LogP contribution in [0.25, 0.3) is 0 Å². The third kappa shape index (κ3) is 3.63. The first-order valence-corrected chi connectivity index (χ1v) is 6.64. The number of hydrogen-bond acceptors (Lipinski definition) is 6. The molecule has 0 atom stereocenters. The molecule has 7 heteroatoms. The van der Waals surface area contributed by atoms with Gasteiger partial charge in [-0.1, -0.05) is 0 Å². The van der Waals surface area contributed by atoms with Crippen LogP contribution in [-0.2, 0) is 4.74 Å². The lowest BCUT2D eigenvalue weighted by atomic mass is 10.2. The van der Waals surface area contributed by atoms with Crippen molar-refractivity contribution < 1.29 is 19.1 Å². The number of likely N-dealkylation sites (N-methyl/N-ethyl adjacent to an activating group) is 1. The first-order chi connectivity index (χ1) is 10.0. The Morgan fingerprint density at radius 3 is 2.48 bits per heavy atom. The van der Waals surface area contributed by atoms with E-state index in [4.69, 9.17) is 10.5 Å². The highest BCUT2D eigenvalue weighted by molar-refractivity contribution is 5.94. The molecule has 1 heterocycles. The second-order valence-electron chi connectivity index (χ2n) is 4.91. The van der Waals surface area contributed by atoms with Crippen LogP contribution in [0.15, 0.2) is 18.2 Å². The number of esters is 1. The van der Waals surface area contributed by atoms with E-state index in [0.717, 1.165) is 13.1 Å².